The molecule has 1 aromatic rings. The van der Waals surface area contributed by atoms with Crippen molar-refractivity contribution in [3.8, 4) is 5.75 Å². The molecule has 2 heteroatoms. The largest absolute Gasteiger partial charge is 0.494 e. The maximum Gasteiger partial charge on any atom is 0.122 e. The minimum absolute atomic E-state index is 0.559. The molecule has 0 aliphatic carbocycles. The number of alkyl halides is 1. The SMILES string of the molecule is CCCC(Br)Cc1ccccc1OCC. The molecule has 0 spiro atoms. The van der Waals surface area contributed by atoms with Crippen LogP contribution in [0.4, 0.5) is 0 Å². The predicted octanol–water partition coefficient (Wildman–Crippen LogP) is 4.19. The molecule has 0 fully saturated rings. The highest BCUT2D eigenvalue weighted by Crippen LogP contribution is 2.23. The Balaban J connectivity index is 2.66. The summed E-state index contributed by atoms with van der Waals surface area (Å²) >= 11 is 3.70. The zero-order chi connectivity index (χ0) is 11.1. The van der Waals surface area contributed by atoms with E-state index in [1.165, 1.54) is 18.4 Å². The van der Waals surface area contributed by atoms with Crippen molar-refractivity contribution in [2.24, 2.45) is 0 Å². The van der Waals surface area contributed by atoms with Crippen LogP contribution >= 0.6 is 15.9 Å². The molecule has 1 nitrogen and oxygen atoms in total. The molecule has 1 aromatic carbocycles. The lowest BCUT2D eigenvalue weighted by Gasteiger charge is -2.12. The fourth-order valence-electron chi connectivity index (χ4n) is 1.62. The summed E-state index contributed by atoms with van der Waals surface area (Å²) in [5, 5.41) is 0. The second kappa shape index (κ2) is 6.89. The highest BCUT2D eigenvalue weighted by Gasteiger charge is 2.08. The van der Waals surface area contributed by atoms with Crippen LogP contribution in [0.5, 0.6) is 5.75 Å². The number of hydrogen-bond acceptors (Lipinski definition) is 1. The molecule has 15 heavy (non-hydrogen) atoms. The maximum atomic E-state index is 5.60. The normalized spacial score (nSPS) is 12.5. The van der Waals surface area contributed by atoms with E-state index in [1.807, 2.05) is 19.1 Å². The Labute approximate surface area is 101 Å². The Morgan fingerprint density at radius 1 is 1.27 bits per heavy atom. The van der Waals surface area contributed by atoms with Crippen molar-refractivity contribution in [1.29, 1.82) is 0 Å². The van der Waals surface area contributed by atoms with Crippen LogP contribution in [-0.4, -0.2) is 11.4 Å². The van der Waals surface area contributed by atoms with Crippen LogP contribution in [0.1, 0.15) is 32.3 Å². The second-order valence-electron chi connectivity index (χ2n) is 3.63. The molecule has 0 aliphatic heterocycles. The van der Waals surface area contributed by atoms with Gasteiger partial charge in [0.2, 0.25) is 0 Å². The van der Waals surface area contributed by atoms with E-state index < -0.39 is 0 Å². The molecule has 0 radical (unpaired) electrons. The van der Waals surface area contributed by atoms with Gasteiger partial charge in [-0.3, -0.25) is 0 Å². The summed E-state index contributed by atoms with van der Waals surface area (Å²) in [5.74, 6) is 1.03. The molecule has 0 bridgehead atoms. The number of rotatable bonds is 6. The summed E-state index contributed by atoms with van der Waals surface area (Å²) in [6.07, 6.45) is 3.47. The van der Waals surface area contributed by atoms with Crippen LogP contribution in [0.25, 0.3) is 0 Å². The van der Waals surface area contributed by atoms with Gasteiger partial charge in [0.1, 0.15) is 5.75 Å². The van der Waals surface area contributed by atoms with Crippen molar-refractivity contribution in [2.45, 2.75) is 37.9 Å². The first kappa shape index (κ1) is 12.6. The molecule has 1 rings (SSSR count). The van der Waals surface area contributed by atoms with Gasteiger partial charge < -0.3 is 4.74 Å². The Morgan fingerprint density at radius 2 is 2.00 bits per heavy atom. The number of ether oxygens (including phenoxy) is 1. The van der Waals surface area contributed by atoms with E-state index in [2.05, 4.69) is 35.0 Å². The summed E-state index contributed by atoms with van der Waals surface area (Å²) in [7, 11) is 0. The third kappa shape index (κ3) is 4.25. The average Bonchev–Trinajstić information content (AvgIpc) is 2.21. The first-order chi connectivity index (χ1) is 7.27. The van der Waals surface area contributed by atoms with Crippen LogP contribution in [0.3, 0.4) is 0 Å². The third-order valence-electron chi connectivity index (χ3n) is 2.32. The lowest BCUT2D eigenvalue weighted by molar-refractivity contribution is 0.336. The minimum Gasteiger partial charge on any atom is -0.494 e. The molecule has 0 heterocycles. The van der Waals surface area contributed by atoms with Crippen LogP contribution in [0.15, 0.2) is 24.3 Å². The summed E-state index contributed by atoms with van der Waals surface area (Å²) < 4.78 is 5.60. The van der Waals surface area contributed by atoms with Crippen molar-refractivity contribution in [3.05, 3.63) is 29.8 Å². The van der Waals surface area contributed by atoms with Gasteiger partial charge in [-0.2, -0.15) is 0 Å². The standard InChI is InChI=1S/C13H19BrO/c1-3-7-12(14)10-11-8-5-6-9-13(11)15-4-2/h5-6,8-9,12H,3-4,7,10H2,1-2H3. The van der Waals surface area contributed by atoms with Gasteiger partial charge >= 0.3 is 0 Å². The van der Waals surface area contributed by atoms with Gasteiger partial charge in [-0.15, -0.1) is 0 Å². The summed E-state index contributed by atoms with van der Waals surface area (Å²) in [6, 6.07) is 8.29. The number of benzene rings is 1. The number of halogens is 1. The molecule has 1 unspecified atom stereocenters. The predicted molar refractivity (Wildman–Crippen MR) is 68.9 cm³/mol. The van der Waals surface area contributed by atoms with Gasteiger partial charge in [-0.05, 0) is 31.4 Å². The van der Waals surface area contributed by atoms with E-state index in [0.717, 1.165) is 18.8 Å². The molecule has 0 aromatic heterocycles. The molecule has 0 N–H and O–H groups in total. The van der Waals surface area contributed by atoms with Crippen molar-refractivity contribution in [1.82, 2.24) is 0 Å². The Hall–Kier alpha value is -0.500. The molecule has 0 amide bonds. The smallest absolute Gasteiger partial charge is 0.122 e. The van der Waals surface area contributed by atoms with Crippen LogP contribution < -0.4 is 4.74 Å². The van der Waals surface area contributed by atoms with Gasteiger partial charge in [-0.1, -0.05) is 47.5 Å². The van der Waals surface area contributed by atoms with E-state index >= 15 is 0 Å². The average molecular weight is 271 g/mol. The number of hydrogen-bond donors (Lipinski definition) is 0. The van der Waals surface area contributed by atoms with E-state index in [1.54, 1.807) is 0 Å². The molecule has 1 atom stereocenters. The Bertz CT molecular complexity index is 286. The lowest BCUT2D eigenvalue weighted by atomic mass is 10.1. The molecule has 0 saturated heterocycles. The topological polar surface area (TPSA) is 9.23 Å². The first-order valence-electron chi connectivity index (χ1n) is 5.62. The third-order valence-corrected chi connectivity index (χ3v) is 3.10. The van der Waals surface area contributed by atoms with Crippen molar-refractivity contribution < 1.29 is 4.74 Å². The summed E-state index contributed by atoms with van der Waals surface area (Å²) in [4.78, 5) is 0.559. The number of para-hydroxylation sites is 1. The van der Waals surface area contributed by atoms with Crippen LogP contribution in [0, 0.1) is 0 Å². The summed E-state index contributed by atoms with van der Waals surface area (Å²) in [5.41, 5.74) is 1.30. The minimum atomic E-state index is 0.559. The fraction of sp³-hybridized carbons (Fsp3) is 0.538. The quantitative estimate of drug-likeness (QED) is 0.705. The lowest BCUT2D eigenvalue weighted by Crippen LogP contribution is -2.04. The highest BCUT2D eigenvalue weighted by molar-refractivity contribution is 9.09. The van der Waals surface area contributed by atoms with E-state index in [0.29, 0.717) is 4.83 Å². The monoisotopic (exact) mass is 270 g/mol. The van der Waals surface area contributed by atoms with Gasteiger partial charge in [0.15, 0.2) is 0 Å². The van der Waals surface area contributed by atoms with Gasteiger partial charge in [0.25, 0.3) is 0 Å². The van der Waals surface area contributed by atoms with E-state index in [-0.39, 0.29) is 0 Å². The maximum absolute atomic E-state index is 5.60. The van der Waals surface area contributed by atoms with Crippen molar-refractivity contribution in [3.63, 3.8) is 0 Å². The van der Waals surface area contributed by atoms with Crippen molar-refractivity contribution in [2.75, 3.05) is 6.61 Å². The van der Waals surface area contributed by atoms with Gasteiger partial charge in [0, 0.05) is 4.83 Å². The van der Waals surface area contributed by atoms with Crippen LogP contribution in [0.2, 0.25) is 0 Å². The zero-order valence-electron chi connectivity index (χ0n) is 9.50. The molecule has 84 valence electrons. The van der Waals surface area contributed by atoms with Gasteiger partial charge in [0.05, 0.1) is 6.61 Å². The zero-order valence-corrected chi connectivity index (χ0v) is 11.1. The second-order valence-corrected chi connectivity index (χ2v) is 4.93. The Morgan fingerprint density at radius 3 is 2.67 bits per heavy atom. The van der Waals surface area contributed by atoms with Crippen LogP contribution in [-0.2, 0) is 6.42 Å². The van der Waals surface area contributed by atoms with Crippen molar-refractivity contribution >= 4 is 15.9 Å². The first-order valence-corrected chi connectivity index (χ1v) is 6.54. The Kier molecular flexibility index (Phi) is 5.77. The van der Waals surface area contributed by atoms with E-state index in [9.17, 15) is 0 Å². The summed E-state index contributed by atoms with van der Waals surface area (Å²) in [6.45, 7) is 4.97. The fourth-order valence-corrected chi connectivity index (χ4v) is 2.43. The molecule has 0 aliphatic rings. The van der Waals surface area contributed by atoms with E-state index in [4.69, 9.17) is 4.74 Å². The molecule has 0 saturated carbocycles. The molecular weight excluding hydrogens is 252 g/mol. The molecular formula is C13H19BrO. The van der Waals surface area contributed by atoms with Gasteiger partial charge in [-0.25, -0.2) is 0 Å². The highest BCUT2D eigenvalue weighted by atomic mass is 79.9.